The summed E-state index contributed by atoms with van der Waals surface area (Å²) < 4.78 is 0. The van der Waals surface area contributed by atoms with E-state index < -0.39 is 0 Å². The average molecular weight is 253 g/mol. The van der Waals surface area contributed by atoms with Gasteiger partial charge in [-0.25, -0.2) is 0 Å². The molecule has 0 atom stereocenters. The van der Waals surface area contributed by atoms with Crippen LogP contribution in [0.1, 0.15) is 11.1 Å². The highest BCUT2D eigenvalue weighted by Crippen LogP contribution is 2.13. The van der Waals surface area contributed by atoms with E-state index in [-0.39, 0.29) is 12.5 Å². The summed E-state index contributed by atoms with van der Waals surface area (Å²) in [5.74, 6) is 1.38. The van der Waals surface area contributed by atoms with Gasteiger partial charge >= 0.3 is 0 Å². The summed E-state index contributed by atoms with van der Waals surface area (Å²) >= 11 is 1.60. The number of carbonyl (C=O) groups excluding carboxylic acids is 1. The summed E-state index contributed by atoms with van der Waals surface area (Å²) in [7, 11) is 1.71. The molecule has 0 saturated heterocycles. The Bertz CT molecular complexity index is 368. The lowest BCUT2D eigenvalue weighted by atomic mass is 10.2. The summed E-state index contributed by atoms with van der Waals surface area (Å²) in [6, 6.07) is 8.30. The number of hydrogen-bond donors (Lipinski definition) is 1. The topological polar surface area (TPSA) is 40.5 Å². The molecule has 1 amide bonds. The number of rotatable bonds is 6. The highest BCUT2D eigenvalue weighted by Gasteiger charge is 2.07. The molecule has 1 N–H and O–H groups in total. The second-order valence-electron chi connectivity index (χ2n) is 4.02. The quantitative estimate of drug-likeness (QED) is 0.838. The molecule has 0 unspecified atom stereocenters. The Hall–Kier alpha value is -1.00. The van der Waals surface area contributed by atoms with E-state index in [0.29, 0.717) is 12.3 Å². The van der Waals surface area contributed by atoms with Crippen LogP contribution in [0.3, 0.4) is 0 Å². The van der Waals surface area contributed by atoms with Crippen molar-refractivity contribution in [3.8, 4) is 0 Å². The molecule has 0 spiro atoms. The van der Waals surface area contributed by atoms with Gasteiger partial charge in [-0.2, -0.15) is 0 Å². The van der Waals surface area contributed by atoms with E-state index in [1.165, 1.54) is 11.1 Å². The molecule has 4 heteroatoms. The predicted molar refractivity (Wildman–Crippen MR) is 72.1 cm³/mol. The van der Waals surface area contributed by atoms with Crippen LogP contribution in [0.2, 0.25) is 0 Å². The number of likely N-dealkylation sites (N-methyl/N-ethyl adjacent to an activating group) is 1. The summed E-state index contributed by atoms with van der Waals surface area (Å²) in [5.41, 5.74) is 2.49. The van der Waals surface area contributed by atoms with Crippen molar-refractivity contribution in [2.75, 3.05) is 26.0 Å². The van der Waals surface area contributed by atoms with Gasteiger partial charge in [0.15, 0.2) is 0 Å². The molecular weight excluding hydrogens is 234 g/mol. The van der Waals surface area contributed by atoms with Crippen LogP contribution in [0.15, 0.2) is 24.3 Å². The van der Waals surface area contributed by atoms with Gasteiger partial charge in [0.05, 0.1) is 12.4 Å². The van der Waals surface area contributed by atoms with Crippen LogP contribution in [0.5, 0.6) is 0 Å². The number of amides is 1. The Balaban J connectivity index is 2.30. The molecule has 0 saturated carbocycles. The molecule has 1 aromatic carbocycles. The predicted octanol–water partition coefficient (Wildman–Crippen LogP) is 1.68. The molecule has 1 aromatic rings. The van der Waals surface area contributed by atoms with E-state index >= 15 is 0 Å². The normalized spacial score (nSPS) is 10.3. The molecule has 0 bridgehead atoms. The maximum absolute atomic E-state index is 11.6. The fraction of sp³-hybridized carbons (Fsp3) is 0.462. The molecule has 0 heterocycles. The second kappa shape index (κ2) is 7.35. The summed E-state index contributed by atoms with van der Waals surface area (Å²) in [5, 5.41) is 8.72. The zero-order chi connectivity index (χ0) is 12.7. The first kappa shape index (κ1) is 14.1. The lowest BCUT2D eigenvalue weighted by Gasteiger charge is -2.15. The minimum atomic E-state index is 0.0186. The number of carbonyl (C=O) groups is 1. The van der Waals surface area contributed by atoms with Crippen LogP contribution in [0.25, 0.3) is 0 Å². The van der Waals surface area contributed by atoms with E-state index in [0.717, 1.165) is 5.75 Å². The number of nitrogens with zero attached hydrogens (tertiary/aromatic N) is 1. The SMILES string of the molecule is Cc1cccc(CSCC(=O)N(C)CCO)c1. The van der Waals surface area contributed by atoms with Gasteiger partial charge in [-0.15, -0.1) is 11.8 Å². The zero-order valence-electron chi connectivity index (χ0n) is 10.3. The highest BCUT2D eigenvalue weighted by molar-refractivity contribution is 7.99. The molecule has 0 aliphatic carbocycles. The summed E-state index contributed by atoms with van der Waals surface area (Å²) in [6.45, 7) is 2.49. The monoisotopic (exact) mass is 253 g/mol. The Morgan fingerprint density at radius 3 is 2.88 bits per heavy atom. The minimum absolute atomic E-state index is 0.0186. The molecular formula is C13H19NO2S. The molecule has 1 rings (SSSR count). The first-order valence-corrected chi connectivity index (χ1v) is 6.77. The molecule has 3 nitrogen and oxygen atoms in total. The number of hydrogen-bond acceptors (Lipinski definition) is 3. The van der Waals surface area contributed by atoms with E-state index in [1.807, 2.05) is 6.07 Å². The first-order chi connectivity index (χ1) is 8.13. The van der Waals surface area contributed by atoms with E-state index in [1.54, 1.807) is 23.7 Å². The third-order valence-corrected chi connectivity index (χ3v) is 3.43. The average Bonchev–Trinajstić information content (AvgIpc) is 2.29. The summed E-state index contributed by atoms with van der Waals surface area (Å²) in [6.07, 6.45) is 0. The van der Waals surface area contributed by atoms with Gasteiger partial charge in [0.2, 0.25) is 5.91 Å². The lowest BCUT2D eigenvalue weighted by molar-refractivity contribution is -0.127. The van der Waals surface area contributed by atoms with Crippen molar-refractivity contribution in [1.82, 2.24) is 4.90 Å². The Morgan fingerprint density at radius 1 is 1.47 bits per heavy atom. The fourth-order valence-electron chi connectivity index (χ4n) is 1.44. The van der Waals surface area contributed by atoms with E-state index in [4.69, 9.17) is 5.11 Å². The Labute approximate surface area is 107 Å². The van der Waals surface area contributed by atoms with Gasteiger partial charge in [0, 0.05) is 19.3 Å². The van der Waals surface area contributed by atoms with Gasteiger partial charge in [-0.1, -0.05) is 29.8 Å². The second-order valence-corrected chi connectivity index (χ2v) is 5.01. The molecule has 0 aliphatic heterocycles. The number of thioether (sulfide) groups is 1. The smallest absolute Gasteiger partial charge is 0.232 e. The van der Waals surface area contributed by atoms with Crippen molar-refractivity contribution in [3.05, 3.63) is 35.4 Å². The number of aryl methyl sites for hydroxylation is 1. The van der Waals surface area contributed by atoms with Crippen molar-refractivity contribution >= 4 is 17.7 Å². The maximum atomic E-state index is 11.6. The third kappa shape index (κ3) is 5.24. The van der Waals surface area contributed by atoms with Gasteiger partial charge in [0.1, 0.15) is 0 Å². The van der Waals surface area contributed by atoms with Crippen LogP contribution >= 0.6 is 11.8 Å². The number of aliphatic hydroxyl groups excluding tert-OH is 1. The van der Waals surface area contributed by atoms with Crippen LogP contribution in [0, 0.1) is 6.92 Å². The standard InChI is InChI=1S/C13H19NO2S/c1-11-4-3-5-12(8-11)9-17-10-13(16)14(2)6-7-15/h3-5,8,15H,6-7,9-10H2,1-2H3. The Kier molecular flexibility index (Phi) is 6.08. The van der Waals surface area contributed by atoms with Crippen molar-refractivity contribution in [3.63, 3.8) is 0 Å². The van der Waals surface area contributed by atoms with Crippen LogP contribution in [-0.2, 0) is 10.5 Å². The third-order valence-electron chi connectivity index (χ3n) is 2.44. The summed E-state index contributed by atoms with van der Waals surface area (Å²) in [4.78, 5) is 13.1. The minimum Gasteiger partial charge on any atom is -0.395 e. The van der Waals surface area contributed by atoms with Gasteiger partial charge < -0.3 is 10.0 Å². The number of benzene rings is 1. The first-order valence-electron chi connectivity index (χ1n) is 5.61. The van der Waals surface area contributed by atoms with Gasteiger partial charge in [-0.3, -0.25) is 4.79 Å². The van der Waals surface area contributed by atoms with Crippen molar-refractivity contribution in [2.24, 2.45) is 0 Å². The van der Waals surface area contributed by atoms with Crippen molar-refractivity contribution in [1.29, 1.82) is 0 Å². The maximum Gasteiger partial charge on any atom is 0.232 e. The molecule has 17 heavy (non-hydrogen) atoms. The van der Waals surface area contributed by atoms with Gasteiger partial charge in [-0.05, 0) is 12.5 Å². The number of aliphatic hydroxyl groups is 1. The van der Waals surface area contributed by atoms with Crippen LogP contribution < -0.4 is 0 Å². The molecule has 0 radical (unpaired) electrons. The fourth-order valence-corrected chi connectivity index (χ4v) is 2.36. The van der Waals surface area contributed by atoms with Crippen LogP contribution in [0.4, 0.5) is 0 Å². The van der Waals surface area contributed by atoms with E-state index in [2.05, 4.69) is 25.1 Å². The Morgan fingerprint density at radius 2 is 2.24 bits per heavy atom. The van der Waals surface area contributed by atoms with Crippen LogP contribution in [-0.4, -0.2) is 41.9 Å². The molecule has 0 fully saturated rings. The zero-order valence-corrected chi connectivity index (χ0v) is 11.2. The van der Waals surface area contributed by atoms with Gasteiger partial charge in [0.25, 0.3) is 0 Å². The van der Waals surface area contributed by atoms with Crippen molar-refractivity contribution < 1.29 is 9.90 Å². The lowest BCUT2D eigenvalue weighted by Crippen LogP contribution is -2.30. The van der Waals surface area contributed by atoms with Crippen molar-refractivity contribution in [2.45, 2.75) is 12.7 Å². The highest BCUT2D eigenvalue weighted by atomic mass is 32.2. The molecule has 94 valence electrons. The van der Waals surface area contributed by atoms with E-state index in [9.17, 15) is 4.79 Å². The molecule has 0 aromatic heterocycles. The molecule has 0 aliphatic rings. The largest absolute Gasteiger partial charge is 0.395 e.